The quantitative estimate of drug-likeness (QED) is 0.612. The molecular formula is C24H31N3O2Si. The second kappa shape index (κ2) is 6.70. The lowest BCUT2D eigenvalue weighted by atomic mass is 10.2. The number of aromatic nitrogens is 3. The summed E-state index contributed by atoms with van der Waals surface area (Å²) in [5.41, 5.74) is 1.24. The van der Waals surface area contributed by atoms with E-state index in [9.17, 15) is 9.59 Å². The average Bonchev–Trinajstić information content (AvgIpc) is 3.16. The summed E-state index contributed by atoms with van der Waals surface area (Å²) in [5, 5.41) is -0.200. The molecular weight excluding hydrogens is 390 g/mol. The highest BCUT2D eigenvalue weighted by molar-refractivity contribution is 6.87. The zero-order chi connectivity index (χ0) is 21.9. The minimum absolute atomic E-state index is 0.100. The first-order chi connectivity index (χ1) is 14.0. The lowest BCUT2D eigenvalue weighted by Crippen LogP contribution is -2.61. The van der Waals surface area contributed by atoms with Crippen LogP contribution in [0.1, 0.15) is 64.0 Å². The maximum absolute atomic E-state index is 13.1. The molecule has 0 aliphatic carbocycles. The molecule has 2 unspecified atom stereocenters. The fraction of sp³-hybridized carbons (Fsp3) is 0.417. The molecule has 1 aromatic heterocycles. The van der Waals surface area contributed by atoms with E-state index in [1.54, 1.807) is 9.36 Å². The smallest absolute Gasteiger partial charge is 0.257 e. The van der Waals surface area contributed by atoms with Crippen LogP contribution in [0, 0.1) is 0 Å². The largest absolute Gasteiger partial charge is 0.344 e. The fourth-order valence-electron chi connectivity index (χ4n) is 6.26. The molecule has 0 spiro atoms. The number of H-pyrrole nitrogens is 1. The minimum Gasteiger partial charge on any atom is -0.257 e. The normalized spacial score (nSPS) is 20.9. The Balaban J connectivity index is 2.22. The van der Waals surface area contributed by atoms with Gasteiger partial charge >= 0.3 is 11.4 Å². The van der Waals surface area contributed by atoms with Gasteiger partial charge in [-0.25, -0.2) is 19.0 Å². The summed E-state index contributed by atoms with van der Waals surface area (Å²) in [7, 11) is -2.59. The Bertz CT molecular complexity index is 1070. The van der Waals surface area contributed by atoms with Gasteiger partial charge in [0, 0.05) is 0 Å². The second-order valence-corrected chi connectivity index (χ2v) is 16.3. The molecule has 0 bridgehead atoms. The predicted molar refractivity (Wildman–Crippen MR) is 124 cm³/mol. The summed E-state index contributed by atoms with van der Waals surface area (Å²) in [5.74, 6) is 0. The van der Waals surface area contributed by atoms with E-state index in [1.807, 2.05) is 36.4 Å². The highest BCUT2D eigenvalue weighted by atomic mass is 28.3. The van der Waals surface area contributed by atoms with Crippen LogP contribution in [0.3, 0.4) is 0 Å². The van der Waals surface area contributed by atoms with E-state index in [4.69, 9.17) is 0 Å². The Labute approximate surface area is 178 Å². The van der Waals surface area contributed by atoms with Crippen LogP contribution < -0.4 is 11.4 Å². The van der Waals surface area contributed by atoms with E-state index >= 15 is 0 Å². The molecule has 6 heteroatoms. The molecule has 2 heterocycles. The first kappa shape index (κ1) is 20.7. The van der Waals surface area contributed by atoms with Crippen molar-refractivity contribution in [3.8, 4) is 0 Å². The standard InChI is InChI=1S/C24H31N3O2Si/c1-23(2,3)30(24(4,5)6)19(17-13-9-7-10-14-17)26-21(28)25-22(29)27(26)20(30)18-15-11-8-12-16-18/h7-16,19-20H,1-6H3,(H,25,28,29). The van der Waals surface area contributed by atoms with Crippen molar-refractivity contribution in [3.63, 3.8) is 0 Å². The van der Waals surface area contributed by atoms with Gasteiger partial charge in [-0.1, -0.05) is 102 Å². The lowest BCUT2D eigenvalue weighted by molar-refractivity contribution is 0.513. The lowest BCUT2D eigenvalue weighted by Gasteiger charge is -2.55. The highest BCUT2D eigenvalue weighted by Crippen LogP contribution is 2.65. The zero-order valence-electron chi connectivity index (χ0n) is 18.6. The number of aromatic amines is 1. The van der Waals surface area contributed by atoms with E-state index in [2.05, 4.69) is 70.8 Å². The molecule has 5 nitrogen and oxygen atoms in total. The first-order valence-corrected chi connectivity index (χ1v) is 12.7. The number of benzene rings is 2. The number of nitrogens with one attached hydrogen (secondary N) is 1. The summed E-state index contributed by atoms with van der Waals surface area (Å²) in [6, 6.07) is 20.5. The van der Waals surface area contributed by atoms with E-state index in [0.717, 1.165) is 11.1 Å². The molecule has 158 valence electrons. The van der Waals surface area contributed by atoms with Crippen LogP contribution in [0.15, 0.2) is 70.3 Å². The molecule has 1 aliphatic rings. The van der Waals surface area contributed by atoms with Gasteiger partial charge in [0.25, 0.3) is 0 Å². The van der Waals surface area contributed by atoms with Gasteiger partial charge in [0.2, 0.25) is 0 Å². The highest BCUT2D eigenvalue weighted by Gasteiger charge is 2.68. The van der Waals surface area contributed by atoms with Gasteiger partial charge in [0.05, 0.1) is 11.3 Å². The van der Waals surface area contributed by atoms with E-state index < -0.39 is 8.07 Å². The van der Waals surface area contributed by atoms with Crippen LogP contribution in [0.4, 0.5) is 0 Å². The van der Waals surface area contributed by atoms with Crippen molar-refractivity contribution in [1.29, 1.82) is 0 Å². The number of fused-ring (bicyclic) bond motifs is 1. The Morgan fingerprint density at radius 1 is 0.667 bits per heavy atom. The molecule has 2 aromatic carbocycles. The van der Waals surface area contributed by atoms with Crippen molar-refractivity contribution in [2.24, 2.45) is 0 Å². The monoisotopic (exact) mass is 421 g/mol. The van der Waals surface area contributed by atoms with Gasteiger partial charge in [0.1, 0.15) is 8.07 Å². The van der Waals surface area contributed by atoms with Gasteiger partial charge in [-0.15, -0.1) is 0 Å². The summed E-state index contributed by atoms with van der Waals surface area (Å²) < 4.78 is 3.47. The molecule has 0 saturated heterocycles. The van der Waals surface area contributed by atoms with E-state index in [0.29, 0.717) is 0 Å². The number of hydrogen-bond acceptors (Lipinski definition) is 2. The zero-order valence-corrected chi connectivity index (χ0v) is 19.6. The number of nitrogens with zero attached hydrogens (tertiary/aromatic N) is 2. The molecule has 30 heavy (non-hydrogen) atoms. The Morgan fingerprint density at radius 3 is 1.30 bits per heavy atom. The molecule has 4 rings (SSSR count). The third-order valence-electron chi connectivity index (χ3n) is 6.93. The number of hydrogen-bond donors (Lipinski definition) is 1. The fourth-order valence-corrected chi connectivity index (χ4v) is 14.8. The SMILES string of the molecule is CC(C)(C)[Si]1(C(C)(C)C)C(c2ccccc2)n2c(=O)[nH]c(=O)n2C1c1ccccc1. The van der Waals surface area contributed by atoms with E-state index in [1.165, 1.54) is 0 Å². The minimum atomic E-state index is -2.59. The summed E-state index contributed by atoms with van der Waals surface area (Å²) in [4.78, 5) is 28.8. The second-order valence-electron chi connectivity index (χ2n) is 10.4. The molecule has 0 saturated carbocycles. The van der Waals surface area contributed by atoms with Crippen molar-refractivity contribution in [3.05, 3.63) is 92.8 Å². The van der Waals surface area contributed by atoms with E-state index in [-0.39, 0.29) is 32.8 Å². The van der Waals surface area contributed by atoms with Crippen LogP contribution in [-0.4, -0.2) is 22.4 Å². The molecule has 1 N–H and O–H groups in total. The van der Waals surface area contributed by atoms with Crippen LogP contribution in [0.25, 0.3) is 0 Å². The summed E-state index contributed by atoms with van der Waals surface area (Å²) in [6.07, 6.45) is 0. The molecule has 2 atom stereocenters. The number of rotatable bonds is 2. The topological polar surface area (TPSA) is 59.8 Å². The molecule has 0 radical (unpaired) electrons. The first-order valence-electron chi connectivity index (χ1n) is 10.5. The van der Waals surface area contributed by atoms with Crippen molar-refractivity contribution < 1.29 is 0 Å². The third-order valence-corrected chi connectivity index (χ3v) is 14.8. The van der Waals surface area contributed by atoms with Crippen LogP contribution in [0.5, 0.6) is 0 Å². The Morgan fingerprint density at radius 2 is 1.00 bits per heavy atom. The molecule has 0 fully saturated rings. The van der Waals surface area contributed by atoms with Gasteiger partial charge in [-0.3, -0.25) is 4.98 Å². The third kappa shape index (κ3) is 2.66. The molecule has 1 aliphatic heterocycles. The summed E-state index contributed by atoms with van der Waals surface area (Å²) in [6.45, 7) is 13.8. The molecule has 0 amide bonds. The van der Waals surface area contributed by atoms with Crippen LogP contribution in [-0.2, 0) is 0 Å². The average molecular weight is 422 g/mol. The van der Waals surface area contributed by atoms with Gasteiger partial charge < -0.3 is 0 Å². The van der Waals surface area contributed by atoms with Crippen LogP contribution >= 0.6 is 0 Å². The van der Waals surface area contributed by atoms with Crippen molar-refractivity contribution in [2.45, 2.75) is 62.9 Å². The Hall–Kier alpha value is -2.60. The van der Waals surface area contributed by atoms with Crippen LogP contribution in [0.2, 0.25) is 10.1 Å². The predicted octanol–water partition coefficient (Wildman–Crippen LogP) is 4.66. The van der Waals surface area contributed by atoms with Gasteiger partial charge in [-0.05, 0) is 21.2 Å². The molecule has 3 aromatic rings. The van der Waals surface area contributed by atoms with Gasteiger partial charge in [0.15, 0.2) is 0 Å². The maximum atomic E-state index is 13.1. The van der Waals surface area contributed by atoms with Gasteiger partial charge in [-0.2, -0.15) is 0 Å². The maximum Gasteiger partial charge on any atom is 0.344 e. The Kier molecular flexibility index (Phi) is 4.62. The summed E-state index contributed by atoms with van der Waals surface area (Å²) >= 11 is 0. The van der Waals surface area contributed by atoms with Crippen molar-refractivity contribution in [1.82, 2.24) is 14.3 Å². The van der Waals surface area contributed by atoms with Crippen molar-refractivity contribution in [2.75, 3.05) is 0 Å². The van der Waals surface area contributed by atoms with Crippen molar-refractivity contribution >= 4 is 8.07 Å².